The number of amides is 1. The average molecular weight is 294 g/mol. The lowest BCUT2D eigenvalue weighted by atomic mass is 10.1. The van der Waals surface area contributed by atoms with Gasteiger partial charge in [-0.3, -0.25) is 4.79 Å². The highest BCUT2D eigenvalue weighted by Gasteiger charge is 2.21. The average Bonchev–Trinajstić information content (AvgIpc) is 2.45. The van der Waals surface area contributed by atoms with Gasteiger partial charge in [0.25, 0.3) is 5.91 Å². The molecule has 1 rings (SSSR count). The summed E-state index contributed by atoms with van der Waals surface area (Å²) in [7, 11) is 1.69. The molecule has 0 saturated carbocycles. The monoisotopic (exact) mass is 294 g/mol. The lowest BCUT2D eigenvalue weighted by Crippen LogP contribution is -2.36. The minimum absolute atomic E-state index is 0.0522. The summed E-state index contributed by atoms with van der Waals surface area (Å²) in [6.07, 6.45) is 0.873. The summed E-state index contributed by atoms with van der Waals surface area (Å²) in [5, 5.41) is 8.98. The second-order valence-corrected chi connectivity index (χ2v) is 5.92. The summed E-state index contributed by atoms with van der Waals surface area (Å²) >= 11 is 1.82. The molecule has 108 valence electrons. The van der Waals surface area contributed by atoms with E-state index >= 15 is 0 Å². The van der Waals surface area contributed by atoms with Gasteiger partial charge >= 0.3 is 0 Å². The number of rotatable bonds is 6. The lowest BCUT2D eigenvalue weighted by molar-refractivity contribution is 0.0740. The maximum absolute atomic E-state index is 13.5. The molecule has 1 aromatic rings. The largest absolute Gasteiger partial charge is 0.339 e. The Morgan fingerprint density at radius 1 is 1.55 bits per heavy atom. The Balaban J connectivity index is 2.84. The van der Waals surface area contributed by atoms with Gasteiger partial charge in [-0.25, -0.2) is 4.39 Å². The highest BCUT2D eigenvalue weighted by atomic mass is 32.2. The maximum Gasteiger partial charge on any atom is 0.255 e. The smallest absolute Gasteiger partial charge is 0.255 e. The first-order chi connectivity index (χ1) is 9.52. The fourth-order valence-corrected chi connectivity index (χ4v) is 2.59. The highest BCUT2D eigenvalue weighted by Crippen LogP contribution is 2.17. The minimum Gasteiger partial charge on any atom is -0.339 e. The minimum atomic E-state index is -0.652. The van der Waals surface area contributed by atoms with Crippen LogP contribution in [0.1, 0.15) is 36.2 Å². The summed E-state index contributed by atoms with van der Waals surface area (Å²) in [4.78, 5) is 13.9. The van der Waals surface area contributed by atoms with E-state index in [0.29, 0.717) is 0 Å². The summed E-state index contributed by atoms with van der Waals surface area (Å²) < 4.78 is 13.5. The molecule has 0 bridgehead atoms. The number of nitrogens with zero attached hydrogens (tertiary/aromatic N) is 2. The third-order valence-electron chi connectivity index (χ3n) is 3.22. The van der Waals surface area contributed by atoms with Crippen molar-refractivity contribution in [2.75, 3.05) is 18.6 Å². The molecule has 1 atom stereocenters. The number of carbonyl (C=O) groups excluding carboxylic acids is 1. The molecule has 3 nitrogen and oxygen atoms in total. The molecule has 0 spiro atoms. The molecule has 0 N–H and O–H groups in total. The van der Waals surface area contributed by atoms with E-state index in [4.69, 9.17) is 5.26 Å². The Labute approximate surface area is 123 Å². The van der Waals surface area contributed by atoms with Crippen molar-refractivity contribution < 1.29 is 9.18 Å². The fourth-order valence-electron chi connectivity index (χ4n) is 1.80. The first-order valence-electron chi connectivity index (χ1n) is 6.56. The van der Waals surface area contributed by atoms with Gasteiger partial charge in [-0.15, -0.1) is 0 Å². The first kappa shape index (κ1) is 16.5. The molecule has 0 fully saturated rings. The predicted octanol–water partition coefficient (Wildman–Crippen LogP) is 3.30. The lowest BCUT2D eigenvalue weighted by Gasteiger charge is -2.25. The van der Waals surface area contributed by atoms with Crippen LogP contribution in [0.3, 0.4) is 0 Å². The van der Waals surface area contributed by atoms with Gasteiger partial charge in [-0.1, -0.05) is 13.0 Å². The standard InChI is InChI=1S/C15H19FN2OS/c1-4-20-9-8-11(2)18(3)15(19)12-6-5-7-14(16)13(12)10-17/h5-7,11H,4,8-9H2,1-3H3/t11-/m1/s1. The number of halogens is 1. The van der Waals surface area contributed by atoms with Crippen molar-refractivity contribution in [1.82, 2.24) is 4.90 Å². The first-order valence-corrected chi connectivity index (χ1v) is 7.71. The van der Waals surface area contributed by atoms with Crippen LogP contribution in [0.15, 0.2) is 18.2 Å². The number of carbonyl (C=O) groups is 1. The number of nitriles is 1. The molecular formula is C15H19FN2OS. The van der Waals surface area contributed by atoms with Crippen molar-refractivity contribution in [2.24, 2.45) is 0 Å². The third kappa shape index (κ3) is 3.97. The van der Waals surface area contributed by atoms with E-state index in [1.807, 2.05) is 18.7 Å². The van der Waals surface area contributed by atoms with E-state index in [0.717, 1.165) is 17.9 Å². The molecule has 20 heavy (non-hydrogen) atoms. The van der Waals surface area contributed by atoms with Crippen molar-refractivity contribution in [1.29, 1.82) is 5.26 Å². The zero-order valence-corrected chi connectivity index (χ0v) is 12.8. The van der Waals surface area contributed by atoms with Gasteiger partial charge in [-0.05, 0) is 37.0 Å². The topological polar surface area (TPSA) is 44.1 Å². The maximum atomic E-state index is 13.5. The van der Waals surface area contributed by atoms with Gasteiger partial charge in [-0.2, -0.15) is 17.0 Å². The molecule has 5 heteroatoms. The second-order valence-electron chi connectivity index (χ2n) is 4.52. The predicted molar refractivity (Wildman–Crippen MR) is 80.3 cm³/mol. The molecule has 0 aliphatic heterocycles. The van der Waals surface area contributed by atoms with Crippen LogP contribution in [0.5, 0.6) is 0 Å². The van der Waals surface area contributed by atoms with Crippen LogP contribution in [0, 0.1) is 17.1 Å². The summed E-state index contributed by atoms with van der Waals surface area (Å²) in [5.74, 6) is 1.06. The number of hydrogen-bond acceptors (Lipinski definition) is 3. The van der Waals surface area contributed by atoms with Crippen LogP contribution in [0.2, 0.25) is 0 Å². The van der Waals surface area contributed by atoms with Crippen molar-refractivity contribution in [3.05, 3.63) is 35.1 Å². The molecular weight excluding hydrogens is 275 g/mol. The Morgan fingerprint density at radius 2 is 2.25 bits per heavy atom. The molecule has 0 aromatic heterocycles. The van der Waals surface area contributed by atoms with Crippen molar-refractivity contribution in [3.8, 4) is 6.07 Å². The van der Waals surface area contributed by atoms with E-state index in [1.54, 1.807) is 18.0 Å². The van der Waals surface area contributed by atoms with Gasteiger partial charge in [0.05, 0.1) is 5.56 Å². The quantitative estimate of drug-likeness (QED) is 0.756. The molecule has 0 heterocycles. The van der Waals surface area contributed by atoms with Crippen molar-refractivity contribution in [2.45, 2.75) is 26.3 Å². The van der Waals surface area contributed by atoms with E-state index in [9.17, 15) is 9.18 Å². The Kier molecular flexibility index (Phi) is 6.53. The van der Waals surface area contributed by atoms with E-state index in [2.05, 4.69) is 6.92 Å². The van der Waals surface area contributed by atoms with Gasteiger partial charge in [0.2, 0.25) is 0 Å². The Morgan fingerprint density at radius 3 is 2.85 bits per heavy atom. The molecule has 1 aromatic carbocycles. The summed E-state index contributed by atoms with van der Waals surface area (Å²) in [6.45, 7) is 4.05. The molecule has 0 saturated heterocycles. The van der Waals surface area contributed by atoms with Crippen LogP contribution in [0.4, 0.5) is 4.39 Å². The van der Waals surface area contributed by atoms with Gasteiger partial charge in [0.1, 0.15) is 17.4 Å². The van der Waals surface area contributed by atoms with Gasteiger partial charge in [0, 0.05) is 13.1 Å². The molecule has 0 unspecified atom stereocenters. The summed E-state index contributed by atoms with van der Waals surface area (Å²) in [6, 6.07) is 5.95. The van der Waals surface area contributed by atoms with Crippen LogP contribution in [-0.4, -0.2) is 35.4 Å². The summed E-state index contributed by atoms with van der Waals surface area (Å²) in [5.41, 5.74) is -0.0514. The normalized spacial score (nSPS) is 11.8. The molecule has 0 aliphatic rings. The number of hydrogen-bond donors (Lipinski definition) is 0. The van der Waals surface area contributed by atoms with E-state index < -0.39 is 5.82 Å². The van der Waals surface area contributed by atoms with Crippen molar-refractivity contribution >= 4 is 17.7 Å². The van der Waals surface area contributed by atoms with Crippen LogP contribution < -0.4 is 0 Å². The number of benzene rings is 1. The van der Waals surface area contributed by atoms with Gasteiger partial charge in [0.15, 0.2) is 0 Å². The van der Waals surface area contributed by atoms with Crippen LogP contribution in [0.25, 0.3) is 0 Å². The van der Waals surface area contributed by atoms with Crippen LogP contribution in [-0.2, 0) is 0 Å². The van der Waals surface area contributed by atoms with E-state index in [-0.39, 0.29) is 23.1 Å². The Hall–Kier alpha value is -1.54. The van der Waals surface area contributed by atoms with E-state index in [1.165, 1.54) is 18.2 Å². The SMILES string of the molecule is CCSCC[C@@H](C)N(C)C(=O)c1cccc(F)c1C#N. The molecule has 0 aliphatic carbocycles. The zero-order valence-electron chi connectivity index (χ0n) is 12.0. The third-order valence-corrected chi connectivity index (χ3v) is 4.15. The zero-order chi connectivity index (χ0) is 15.1. The fraction of sp³-hybridized carbons (Fsp3) is 0.467. The second kappa shape index (κ2) is 7.91. The Bertz CT molecular complexity index is 513. The highest BCUT2D eigenvalue weighted by molar-refractivity contribution is 7.99. The van der Waals surface area contributed by atoms with Crippen molar-refractivity contribution in [3.63, 3.8) is 0 Å². The van der Waals surface area contributed by atoms with Gasteiger partial charge < -0.3 is 4.90 Å². The molecule has 0 radical (unpaired) electrons. The van der Waals surface area contributed by atoms with Crippen LogP contribution >= 0.6 is 11.8 Å². The molecule has 1 amide bonds. The number of thioether (sulfide) groups is 1.